The van der Waals surface area contributed by atoms with Gasteiger partial charge in [-0.25, -0.2) is 0 Å². The molecule has 0 amide bonds. The van der Waals surface area contributed by atoms with E-state index in [-0.39, 0.29) is 11.8 Å². The van der Waals surface area contributed by atoms with E-state index in [1.54, 1.807) is 0 Å². The van der Waals surface area contributed by atoms with Crippen molar-refractivity contribution in [2.24, 2.45) is 11.0 Å². The van der Waals surface area contributed by atoms with Gasteiger partial charge in [0.15, 0.2) is 0 Å². The number of aromatic nitrogens is 1. The summed E-state index contributed by atoms with van der Waals surface area (Å²) in [5.74, 6) is 1.38. The van der Waals surface area contributed by atoms with Gasteiger partial charge in [0.25, 0.3) is 0 Å². The van der Waals surface area contributed by atoms with Crippen LogP contribution in [0.4, 0.5) is 5.69 Å². The number of rotatable bonds is 2. The van der Waals surface area contributed by atoms with Gasteiger partial charge in [-0.1, -0.05) is 30.3 Å². The summed E-state index contributed by atoms with van der Waals surface area (Å²) in [6.07, 6.45) is 3.78. The van der Waals surface area contributed by atoms with Crippen LogP contribution in [-0.2, 0) is 0 Å². The fourth-order valence-corrected chi connectivity index (χ4v) is 4.42. The van der Waals surface area contributed by atoms with E-state index in [2.05, 4.69) is 50.2 Å². The van der Waals surface area contributed by atoms with Crippen molar-refractivity contribution >= 4 is 27.3 Å². The summed E-state index contributed by atoms with van der Waals surface area (Å²) in [5.41, 5.74) is 4.46. The van der Waals surface area contributed by atoms with Crippen LogP contribution in [0.5, 0.6) is 5.75 Å². The molecule has 4 nitrogen and oxygen atoms in total. The lowest BCUT2D eigenvalue weighted by Crippen LogP contribution is -2.43. The smallest absolute Gasteiger partial charge is 0.128 e. The van der Waals surface area contributed by atoms with Crippen molar-refractivity contribution < 1.29 is 4.74 Å². The van der Waals surface area contributed by atoms with E-state index in [9.17, 15) is 0 Å². The van der Waals surface area contributed by atoms with E-state index in [0.717, 1.165) is 33.7 Å². The quantitative estimate of drug-likeness (QED) is 0.594. The van der Waals surface area contributed by atoms with E-state index in [1.165, 1.54) is 5.56 Å². The third-order valence-corrected chi connectivity index (χ3v) is 5.93. The van der Waals surface area contributed by atoms with Gasteiger partial charge in [-0.3, -0.25) is 9.99 Å². The molecule has 2 unspecified atom stereocenters. The van der Waals surface area contributed by atoms with Gasteiger partial charge >= 0.3 is 0 Å². The third-order valence-electron chi connectivity index (χ3n) is 5.26. The van der Waals surface area contributed by atoms with Crippen LogP contribution >= 0.6 is 15.9 Å². The Labute approximate surface area is 166 Å². The average molecular weight is 420 g/mol. The molecule has 134 valence electrons. The lowest BCUT2D eigenvalue weighted by molar-refractivity contribution is 0.249. The molecule has 27 heavy (non-hydrogen) atoms. The van der Waals surface area contributed by atoms with Crippen LogP contribution in [0.15, 0.2) is 82.6 Å². The summed E-state index contributed by atoms with van der Waals surface area (Å²) in [6, 6.07) is 20.5. The Balaban J connectivity index is 1.66. The Hall–Kier alpha value is -2.66. The Morgan fingerprint density at radius 1 is 0.963 bits per heavy atom. The normalized spacial score (nSPS) is 20.9. The van der Waals surface area contributed by atoms with E-state index in [4.69, 9.17) is 9.84 Å². The standard InChI is InChI=1S/C22H18BrN3O/c23-19-8-2-3-9-20(19)26-13-17(15-6-5-11-24-12-15)18-14-27-21-10-4-1-7-16(21)22(18)25-26/h1-12,17-18H,13-14H2. The third kappa shape index (κ3) is 2.92. The summed E-state index contributed by atoms with van der Waals surface area (Å²) in [7, 11) is 0. The number of hydrogen-bond acceptors (Lipinski definition) is 4. The maximum Gasteiger partial charge on any atom is 0.128 e. The molecule has 0 fully saturated rings. The second-order valence-electron chi connectivity index (χ2n) is 6.83. The molecule has 0 radical (unpaired) electrons. The van der Waals surface area contributed by atoms with Gasteiger partial charge in [-0.15, -0.1) is 0 Å². The lowest BCUT2D eigenvalue weighted by Gasteiger charge is -2.40. The minimum atomic E-state index is 0.211. The zero-order chi connectivity index (χ0) is 18.2. The van der Waals surface area contributed by atoms with Crippen molar-refractivity contribution in [3.05, 3.63) is 88.7 Å². The molecule has 3 aromatic rings. The second-order valence-corrected chi connectivity index (χ2v) is 7.68. The molecule has 2 aromatic carbocycles. The molecule has 2 aliphatic heterocycles. The average Bonchev–Trinajstić information content (AvgIpc) is 2.74. The Kier molecular flexibility index (Phi) is 4.17. The lowest BCUT2D eigenvalue weighted by atomic mass is 9.79. The predicted molar refractivity (Wildman–Crippen MR) is 110 cm³/mol. The number of anilines is 1. The summed E-state index contributed by atoms with van der Waals surface area (Å²) in [5, 5.41) is 7.18. The van der Waals surface area contributed by atoms with E-state index >= 15 is 0 Å². The van der Waals surface area contributed by atoms with Crippen LogP contribution in [0, 0.1) is 5.92 Å². The van der Waals surface area contributed by atoms with Crippen molar-refractivity contribution in [3.63, 3.8) is 0 Å². The summed E-state index contributed by atoms with van der Waals surface area (Å²) >= 11 is 3.68. The first kappa shape index (κ1) is 16.5. The van der Waals surface area contributed by atoms with Crippen molar-refractivity contribution in [3.8, 4) is 5.75 Å². The number of hydrogen-bond donors (Lipinski definition) is 0. The molecular weight excluding hydrogens is 402 g/mol. The summed E-state index contributed by atoms with van der Waals surface area (Å²) in [6.45, 7) is 1.42. The maximum atomic E-state index is 6.08. The molecule has 0 saturated carbocycles. The SMILES string of the molecule is Brc1ccccc1N1CC(c2cccnc2)C2COc3ccccc3C2=N1. The number of ether oxygens (including phenoxy) is 1. The van der Waals surface area contributed by atoms with Gasteiger partial charge in [0.05, 0.1) is 18.0 Å². The predicted octanol–water partition coefficient (Wildman–Crippen LogP) is 4.86. The second kappa shape index (κ2) is 6.82. The first-order valence-corrected chi connectivity index (χ1v) is 9.83. The fraction of sp³-hybridized carbons (Fsp3) is 0.182. The summed E-state index contributed by atoms with van der Waals surface area (Å²) < 4.78 is 7.12. The molecule has 5 heteroatoms. The molecule has 0 spiro atoms. The van der Waals surface area contributed by atoms with Crippen LogP contribution in [-0.4, -0.2) is 23.8 Å². The fourth-order valence-electron chi connectivity index (χ4n) is 3.93. The topological polar surface area (TPSA) is 37.7 Å². The van der Waals surface area contributed by atoms with E-state index < -0.39 is 0 Å². The molecule has 1 aromatic heterocycles. The zero-order valence-electron chi connectivity index (χ0n) is 14.6. The molecule has 0 bridgehead atoms. The van der Waals surface area contributed by atoms with Gasteiger partial charge in [0.1, 0.15) is 5.75 Å². The van der Waals surface area contributed by atoms with Crippen LogP contribution in [0.1, 0.15) is 17.0 Å². The highest BCUT2D eigenvalue weighted by molar-refractivity contribution is 9.10. The maximum absolute atomic E-state index is 6.08. The highest BCUT2D eigenvalue weighted by Gasteiger charge is 2.39. The van der Waals surface area contributed by atoms with Gasteiger partial charge in [0.2, 0.25) is 0 Å². The van der Waals surface area contributed by atoms with Crippen LogP contribution in [0.3, 0.4) is 0 Å². The molecule has 0 N–H and O–H groups in total. The Morgan fingerprint density at radius 3 is 2.67 bits per heavy atom. The number of para-hydroxylation sites is 2. The van der Waals surface area contributed by atoms with E-state index in [0.29, 0.717) is 6.61 Å². The van der Waals surface area contributed by atoms with Crippen molar-refractivity contribution in [2.45, 2.75) is 5.92 Å². The number of nitrogens with zero attached hydrogens (tertiary/aromatic N) is 3. The largest absolute Gasteiger partial charge is 0.492 e. The van der Waals surface area contributed by atoms with Gasteiger partial charge in [-0.2, -0.15) is 5.10 Å². The van der Waals surface area contributed by atoms with E-state index in [1.807, 2.05) is 48.8 Å². The first-order chi connectivity index (χ1) is 13.3. The number of fused-ring (bicyclic) bond motifs is 3. The zero-order valence-corrected chi connectivity index (χ0v) is 16.2. The molecule has 2 atom stereocenters. The van der Waals surface area contributed by atoms with Crippen molar-refractivity contribution in [1.82, 2.24) is 4.98 Å². The molecule has 0 aliphatic carbocycles. The van der Waals surface area contributed by atoms with Gasteiger partial charge < -0.3 is 4.74 Å². The highest BCUT2D eigenvalue weighted by atomic mass is 79.9. The number of benzene rings is 2. The minimum Gasteiger partial charge on any atom is -0.492 e. The Bertz CT molecular complexity index is 1010. The number of halogens is 1. The molecule has 2 aliphatic rings. The molecule has 0 saturated heterocycles. The van der Waals surface area contributed by atoms with Crippen molar-refractivity contribution in [1.29, 1.82) is 0 Å². The van der Waals surface area contributed by atoms with Crippen molar-refractivity contribution in [2.75, 3.05) is 18.2 Å². The minimum absolute atomic E-state index is 0.211. The molecule has 5 rings (SSSR count). The monoisotopic (exact) mass is 419 g/mol. The van der Waals surface area contributed by atoms with Crippen LogP contribution < -0.4 is 9.75 Å². The number of pyridine rings is 1. The molecule has 3 heterocycles. The number of hydrazone groups is 1. The highest BCUT2D eigenvalue weighted by Crippen LogP contribution is 2.41. The molecular formula is C22H18BrN3O. The van der Waals surface area contributed by atoms with Gasteiger partial charge in [-0.05, 0) is 51.8 Å². The van der Waals surface area contributed by atoms with Gasteiger partial charge in [0, 0.05) is 40.8 Å². The first-order valence-electron chi connectivity index (χ1n) is 9.04. The van der Waals surface area contributed by atoms with Crippen LogP contribution in [0.25, 0.3) is 0 Å². The van der Waals surface area contributed by atoms with Crippen LogP contribution in [0.2, 0.25) is 0 Å². The Morgan fingerprint density at radius 2 is 1.81 bits per heavy atom. The summed E-state index contributed by atoms with van der Waals surface area (Å²) in [4.78, 5) is 4.35.